The molecule has 6 nitrogen and oxygen atoms in total. The summed E-state index contributed by atoms with van der Waals surface area (Å²) in [6.07, 6.45) is -1.51. The predicted molar refractivity (Wildman–Crippen MR) is 70.5 cm³/mol. The molecule has 0 amide bonds. The van der Waals surface area contributed by atoms with Crippen molar-refractivity contribution >= 4 is 0 Å². The second-order valence-electron chi connectivity index (χ2n) is 5.30. The first-order valence-corrected chi connectivity index (χ1v) is 6.66. The Labute approximate surface area is 114 Å². The summed E-state index contributed by atoms with van der Waals surface area (Å²) in [5, 5.41) is 19.8. The first-order chi connectivity index (χ1) is 8.96. The van der Waals surface area contributed by atoms with E-state index in [9.17, 15) is 10.2 Å². The number of hydrogen-bond donors (Lipinski definition) is 3. The number of ether oxygens (including phenoxy) is 3. The van der Waals surface area contributed by atoms with E-state index in [-0.39, 0.29) is 30.1 Å². The highest BCUT2D eigenvalue weighted by Gasteiger charge is 2.44. The lowest BCUT2D eigenvalue weighted by Crippen LogP contribution is -2.43. The van der Waals surface area contributed by atoms with Crippen molar-refractivity contribution in [3.8, 4) is 0 Å². The topological polar surface area (TPSA) is 94.2 Å². The van der Waals surface area contributed by atoms with Gasteiger partial charge in [-0.2, -0.15) is 0 Å². The maximum Gasteiger partial charge on any atom is 0.107 e. The summed E-state index contributed by atoms with van der Waals surface area (Å²) in [6.45, 7) is 1.98. The minimum Gasteiger partial charge on any atom is -0.388 e. The van der Waals surface area contributed by atoms with E-state index in [4.69, 9.17) is 19.9 Å². The fraction of sp³-hybridized carbons (Fsp3) is 1.00. The molecular weight excluding hydrogens is 250 g/mol. The van der Waals surface area contributed by atoms with Crippen LogP contribution in [0.4, 0.5) is 0 Å². The Morgan fingerprint density at radius 3 is 2.16 bits per heavy atom. The Morgan fingerprint density at radius 2 is 1.74 bits per heavy atom. The standard InChI is InChI=1S/C13H27NO5/c1-7-8(5-11(14)15)9(17-2)6-10(18-3)12(16)13(7)19-4/h7-13,15-16H,5-6,14H2,1-4H3/t7?,8?,9?,10-,11?,12-,13?/m1/s1. The molecule has 1 rings (SSSR count). The molecule has 0 bridgehead atoms. The van der Waals surface area contributed by atoms with Crippen LogP contribution in [0.1, 0.15) is 19.8 Å². The van der Waals surface area contributed by atoms with Gasteiger partial charge in [-0.05, 0) is 18.3 Å². The zero-order valence-electron chi connectivity index (χ0n) is 12.2. The summed E-state index contributed by atoms with van der Waals surface area (Å²) in [4.78, 5) is 0. The van der Waals surface area contributed by atoms with Crippen molar-refractivity contribution in [2.24, 2.45) is 17.6 Å². The third-order valence-corrected chi connectivity index (χ3v) is 4.24. The maximum absolute atomic E-state index is 10.3. The first kappa shape index (κ1) is 16.8. The van der Waals surface area contributed by atoms with Crippen molar-refractivity contribution in [3.63, 3.8) is 0 Å². The van der Waals surface area contributed by atoms with Gasteiger partial charge in [-0.3, -0.25) is 0 Å². The van der Waals surface area contributed by atoms with Crippen LogP contribution in [0.3, 0.4) is 0 Å². The number of aliphatic hydroxyl groups is 2. The summed E-state index contributed by atoms with van der Waals surface area (Å²) in [5.41, 5.74) is 5.51. The molecule has 114 valence electrons. The normalized spacial score (nSPS) is 41.8. The predicted octanol–water partition coefficient (Wildman–Crippen LogP) is -0.284. The van der Waals surface area contributed by atoms with E-state index in [1.807, 2.05) is 6.92 Å². The van der Waals surface area contributed by atoms with Gasteiger partial charge in [0.05, 0.1) is 18.3 Å². The fourth-order valence-electron chi connectivity index (χ4n) is 3.15. The van der Waals surface area contributed by atoms with E-state index in [2.05, 4.69) is 0 Å². The lowest BCUT2D eigenvalue weighted by atomic mass is 9.82. The zero-order chi connectivity index (χ0) is 14.6. The Bertz CT molecular complexity index is 263. The number of aliphatic hydroxyl groups excluding tert-OH is 2. The Kier molecular flexibility index (Phi) is 6.65. The largest absolute Gasteiger partial charge is 0.388 e. The smallest absolute Gasteiger partial charge is 0.107 e. The monoisotopic (exact) mass is 277 g/mol. The molecule has 5 unspecified atom stereocenters. The third-order valence-electron chi connectivity index (χ3n) is 4.24. The van der Waals surface area contributed by atoms with Crippen LogP contribution >= 0.6 is 0 Å². The van der Waals surface area contributed by atoms with E-state index in [0.717, 1.165) is 0 Å². The summed E-state index contributed by atoms with van der Waals surface area (Å²) in [7, 11) is 4.76. The molecule has 1 saturated carbocycles. The molecule has 1 aliphatic rings. The quantitative estimate of drug-likeness (QED) is 0.472. The number of rotatable bonds is 5. The van der Waals surface area contributed by atoms with E-state index < -0.39 is 12.3 Å². The molecule has 0 saturated heterocycles. The molecule has 0 radical (unpaired) electrons. The van der Waals surface area contributed by atoms with Gasteiger partial charge >= 0.3 is 0 Å². The second kappa shape index (κ2) is 7.52. The molecule has 0 aromatic heterocycles. The van der Waals surface area contributed by atoms with Crippen molar-refractivity contribution in [1.82, 2.24) is 0 Å². The molecule has 0 aliphatic heterocycles. The molecule has 19 heavy (non-hydrogen) atoms. The van der Waals surface area contributed by atoms with Crippen molar-refractivity contribution in [3.05, 3.63) is 0 Å². The van der Waals surface area contributed by atoms with Crippen molar-refractivity contribution in [2.45, 2.75) is 50.4 Å². The van der Waals surface area contributed by atoms with Crippen LogP contribution in [0, 0.1) is 11.8 Å². The number of methoxy groups -OCH3 is 3. The SMILES string of the molecule is COC1C[C@@H](OC)[C@@H](O)C(OC)C(C)C1CC(N)O. The summed E-state index contributed by atoms with van der Waals surface area (Å²) >= 11 is 0. The highest BCUT2D eigenvalue weighted by molar-refractivity contribution is 4.94. The van der Waals surface area contributed by atoms with Gasteiger partial charge in [0.25, 0.3) is 0 Å². The second-order valence-corrected chi connectivity index (χ2v) is 5.30. The van der Waals surface area contributed by atoms with E-state index in [0.29, 0.717) is 12.8 Å². The van der Waals surface area contributed by atoms with Crippen LogP contribution in [0.15, 0.2) is 0 Å². The molecular formula is C13H27NO5. The highest BCUT2D eigenvalue weighted by Crippen LogP contribution is 2.35. The lowest BCUT2D eigenvalue weighted by molar-refractivity contribution is -0.103. The van der Waals surface area contributed by atoms with Gasteiger partial charge in [-0.15, -0.1) is 0 Å². The average Bonchev–Trinajstić information content (AvgIpc) is 2.46. The minimum atomic E-state index is -0.904. The van der Waals surface area contributed by atoms with E-state index >= 15 is 0 Å². The summed E-state index contributed by atoms with van der Waals surface area (Å²) < 4.78 is 16.3. The lowest BCUT2D eigenvalue weighted by Gasteiger charge is -2.33. The first-order valence-electron chi connectivity index (χ1n) is 6.66. The Morgan fingerprint density at radius 1 is 1.16 bits per heavy atom. The van der Waals surface area contributed by atoms with E-state index in [1.165, 1.54) is 0 Å². The highest BCUT2D eigenvalue weighted by atomic mass is 16.5. The average molecular weight is 277 g/mol. The van der Waals surface area contributed by atoms with Gasteiger partial charge in [0.15, 0.2) is 0 Å². The van der Waals surface area contributed by atoms with Gasteiger partial charge in [-0.1, -0.05) is 6.92 Å². The Hall–Kier alpha value is -0.240. The van der Waals surface area contributed by atoms with Gasteiger partial charge < -0.3 is 30.2 Å². The van der Waals surface area contributed by atoms with Gasteiger partial charge in [0.1, 0.15) is 12.3 Å². The Balaban J connectivity index is 2.99. The molecule has 4 N–H and O–H groups in total. The number of nitrogens with two attached hydrogens (primary N) is 1. The summed E-state index contributed by atoms with van der Waals surface area (Å²) in [6, 6.07) is 0. The zero-order valence-corrected chi connectivity index (χ0v) is 12.2. The van der Waals surface area contributed by atoms with Crippen LogP contribution in [0.5, 0.6) is 0 Å². The molecule has 6 heteroatoms. The van der Waals surface area contributed by atoms with Crippen LogP contribution < -0.4 is 5.73 Å². The molecule has 7 atom stereocenters. The van der Waals surface area contributed by atoms with E-state index in [1.54, 1.807) is 21.3 Å². The van der Waals surface area contributed by atoms with Crippen LogP contribution in [0.2, 0.25) is 0 Å². The third kappa shape index (κ3) is 3.87. The molecule has 1 aliphatic carbocycles. The van der Waals surface area contributed by atoms with Crippen molar-refractivity contribution in [1.29, 1.82) is 0 Å². The minimum absolute atomic E-state index is 0.00306. The number of hydrogen-bond acceptors (Lipinski definition) is 6. The van der Waals surface area contributed by atoms with Crippen LogP contribution in [0.25, 0.3) is 0 Å². The maximum atomic E-state index is 10.3. The molecule has 1 fully saturated rings. The molecule has 0 aromatic rings. The molecule has 0 heterocycles. The van der Waals surface area contributed by atoms with Gasteiger partial charge in [0.2, 0.25) is 0 Å². The fourth-order valence-corrected chi connectivity index (χ4v) is 3.15. The van der Waals surface area contributed by atoms with Crippen LogP contribution in [-0.2, 0) is 14.2 Å². The van der Waals surface area contributed by atoms with Crippen molar-refractivity contribution in [2.75, 3.05) is 21.3 Å². The van der Waals surface area contributed by atoms with Gasteiger partial charge in [0, 0.05) is 27.8 Å². The molecule has 0 aromatic carbocycles. The van der Waals surface area contributed by atoms with Crippen molar-refractivity contribution < 1.29 is 24.4 Å². The molecule has 0 spiro atoms. The van der Waals surface area contributed by atoms with Crippen LogP contribution in [-0.4, -0.2) is 62.2 Å². The van der Waals surface area contributed by atoms with Gasteiger partial charge in [-0.25, -0.2) is 0 Å². The summed E-state index contributed by atoms with van der Waals surface area (Å²) in [5.74, 6) is 0.00745.